The molecule has 5 heteroatoms. The number of rotatable bonds is 4. The zero-order valence-electron chi connectivity index (χ0n) is 12.6. The van der Waals surface area contributed by atoms with E-state index < -0.39 is 0 Å². The summed E-state index contributed by atoms with van der Waals surface area (Å²) in [5.74, 6) is -0.330. The van der Waals surface area contributed by atoms with E-state index in [1.807, 2.05) is 47.0 Å². The van der Waals surface area contributed by atoms with Crippen molar-refractivity contribution in [3.63, 3.8) is 0 Å². The SMILES string of the molecule is CCOC(=O)c1cc2ccccc2n1Cc1ccc(Cl)c(Cl)c1. The predicted octanol–water partition coefficient (Wildman–Crippen LogP) is 5.17. The summed E-state index contributed by atoms with van der Waals surface area (Å²) >= 11 is 12.1. The van der Waals surface area contributed by atoms with E-state index in [-0.39, 0.29) is 5.97 Å². The van der Waals surface area contributed by atoms with Gasteiger partial charge in [0.15, 0.2) is 0 Å². The van der Waals surface area contributed by atoms with E-state index in [1.165, 1.54) is 0 Å². The molecule has 1 aromatic heterocycles. The molecule has 3 aromatic rings. The van der Waals surface area contributed by atoms with Gasteiger partial charge in [0.25, 0.3) is 0 Å². The molecule has 0 saturated carbocycles. The molecule has 0 bridgehead atoms. The van der Waals surface area contributed by atoms with Gasteiger partial charge in [-0.15, -0.1) is 0 Å². The number of carbonyl (C=O) groups excluding carboxylic acids is 1. The highest BCUT2D eigenvalue weighted by atomic mass is 35.5. The van der Waals surface area contributed by atoms with Crippen LogP contribution in [0.15, 0.2) is 48.5 Å². The van der Waals surface area contributed by atoms with E-state index >= 15 is 0 Å². The van der Waals surface area contributed by atoms with Crippen LogP contribution < -0.4 is 0 Å². The summed E-state index contributed by atoms with van der Waals surface area (Å²) < 4.78 is 7.11. The molecule has 0 radical (unpaired) electrons. The zero-order chi connectivity index (χ0) is 16.4. The highest BCUT2D eigenvalue weighted by molar-refractivity contribution is 6.42. The van der Waals surface area contributed by atoms with Crippen molar-refractivity contribution in [1.29, 1.82) is 0 Å². The number of hydrogen-bond donors (Lipinski definition) is 0. The Labute approximate surface area is 144 Å². The van der Waals surface area contributed by atoms with Crippen molar-refractivity contribution in [2.45, 2.75) is 13.5 Å². The fraction of sp³-hybridized carbons (Fsp3) is 0.167. The van der Waals surface area contributed by atoms with Crippen molar-refractivity contribution < 1.29 is 9.53 Å². The molecule has 0 saturated heterocycles. The molecule has 0 fully saturated rings. The molecule has 3 nitrogen and oxygen atoms in total. The average Bonchev–Trinajstić information content (AvgIpc) is 2.90. The molecule has 3 rings (SSSR count). The number of hydrogen-bond acceptors (Lipinski definition) is 2. The van der Waals surface area contributed by atoms with Gasteiger partial charge in [0.1, 0.15) is 5.69 Å². The number of nitrogens with zero attached hydrogens (tertiary/aromatic N) is 1. The van der Waals surface area contributed by atoms with Gasteiger partial charge in [0.2, 0.25) is 0 Å². The first-order valence-electron chi connectivity index (χ1n) is 7.29. The molecule has 0 aliphatic carbocycles. The molecule has 0 spiro atoms. The van der Waals surface area contributed by atoms with Gasteiger partial charge in [-0.25, -0.2) is 4.79 Å². The first-order valence-corrected chi connectivity index (χ1v) is 8.05. The quantitative estimate of drug-likeness (QED) is 0.609. The van der Waals surface area contributed by atoms with Crippen LogP contribution in [-0.2, 0) is 11.3 Å². The largest absolute Gasteiger partial charge is 0.461 e. The Hall–Kier alpha value is -1.97. The minimum Gasteiger partial charge on any atom is -0.461 e. The molecule has 0 unspecified atom stereocenters. The normalized spacial score (nSPS) is 10.9. The molecule has 0 aliphatic heterocycles. The molecule has 0 atom stereocenters. The lowest BCUT2D eigenvalue weighted by molar-refractivity contribution is 0.0515. The highest BCUT2D eigenvalue weighted by Crippen LogP contribution is 2.26. The maximum Gasteiger partial charge on any atom is 0.354 e. The van der Waals surface area contributed by atoms with Crippen molar-refractivity contribution in [1.82, 2.24) is 4.57 Å². The second-order valence-corrected chi connectivity index (χ2v) is 5.96. The number of aromatic nitrogens is 1. The van der Waals surface area contributed by atoms with Gasteiger partial charge in [0.05, 0.1) is 16.7 Å². The van der Waals surface area contributed by atoms with Gasteiger partial charge in [-0.1, -0.05) is 47.5 Å². The van der Waals surface area contributed by atoms with Crippen molar-refractivity contribution in [2.24, 2.45) is 0 Å². The van der Waals surface area contributed by atoms with E-state index in [2.05, 4.69) is 0 Å². The third kappa shape index (κ3) is 3.21. The van der Waals surface area contributed by atoms with E-state index in [1.54, 1.807) is 13.0 Å². The van der Waals surface area contributed by atoms with Gasteiger partial charge >= 0.3 is 5.97 Å². The lowest BCUT2D eigenvalue weighted by atomic mass is 10.2. The number of carbonyl (C=O) groups is 1. The summed E-state index contributed by atoms with van der Waals surface area (Å²) in [7, 11) is 0. The summed E-state index contributed by atoms with van der Waals surface area (Å²) in [6, 6.07) is 15.2. The van der Waals surface area contributed by atoms with Crippen LogP contribution in [0.3, 0.4) is 0 Å². The van der Waals surface area contributed by atoms with Crippen LogP contribution in [-0.4, -0.2) is 17.1 Å². The fourth-order valence-corrected chi connectivity index (χ4v) is 2.90. The number of fused-ring (bicyclic) bond motifs is 1. The minimum absolute atomic E-state index is 0.330. The predicted molar refractivity (Wildman–Crippen MR) is 93.5 cm³/mol. The van der Waals surface area contributed by atoms with Crippen LogP contribution in [0.4, 0.5) is 0 Å². The third-order valence-corrected chi connectivity index (χ3v) is 4.36. The summed E-state index contributed by atoms with van der Waals surface area (Å²) in [6.45, 7) is 2.65. The van der Waals surface area contributed by atoms with Crippen molar-refractivity contribution >= 4 is 40.1 Å². The Morgan fingerprint density at radius 1 is 1.09 bits per heavy atom. The first-order chi connectivity index (χ1) is 11.1. The maximum atomic E-state index is 12.3. The Bertz CT molecular complexity index is 871. The minimum atomic E-state index is -0.330. The topological polar surface area (TPSA) is 31.2 Å². The Morgan fingerprint density at radius 3 is 2.61 bits per heavy atom. The molecule has 118 valence electrons. The molecule has 0 aliphatic rings. The van der Waals surface area contributed by atoms with Crippen molar-refractivity contribution in [3.8, 4) is 0 Å². The van der Waals surface area contributed by atoms with E-state index in [0.717, 1.165) is 16.5 Å². The number of para-hydroxylation sites is 1. The van der Waals surface area contributed by atoms with E-state index in [4.69, 9.17) is 27.9 Å². The summed E-state index contributed by atoms with van der Waals surface area (Å²) in [6.07, 6.45) is 0. The lowest BCUT2D eigenvalue weighted by Crippen LogP contribution is -2.12. The van der Waals surface area contributed by atoms with Crippen molar-refractivity contribution in [3.05, 3.63) is 69.8 Å². The maximum absolute atomic E-state index is 12.3. The first kappa shape index (κ1) is 15.9. The van der Waals surface area contributed by atoms with Crippen LogP contribution >= 0.6 is 23.2 Å². The monoisotopic (exact) mass is 347 g/mol. The molecule has 2 aromatic carbocycles. The highest BCUT2D eigenvalue weighted by Gasteiger charge is 2.16. The molecular formula is C18H15Cl2NO2. The van der Waals surface area contributed by atoms with Crippen LogP contribution in [0, 0.1) is 0 Å². The molecule has 0 N–H and O–H groups in total. The van der Waals surface area contributed by atoms with Gasteiger partial charge < -0.3 is 9.30 Å². The second-order valence-electron chi connectivity index (χ2n) is 5.14. The van der Waals surface area contributed by atoms with Crippen LogP contribution in [0.25, 0.3) is 10.9 Å². The van der Waals surface area contributed by atoms with Crippen molar-refractivity contribution in [2.75, 3.05) is 6.61 Å². The number of ether oxygens (including phenoxy) is 1. The molecule has 23 heavy (non-hydrogen) atoms. The standard InChI is InChI=1S/C18H15Cl2NO2/c1-2-23-18(22)17-10-13-5-3-4-6-16(13)21(17)11-12-7-8-14(19)15(20)9-12/h3-10H,2,11H2,1H3. The smallest absolute Gasteiger partial charge is 0.354 e. The van der Waals surface area contributed by atoms with Crippen LogP contribution in [0.5, 0.6) is 0 Å². The summed E-state index contributed by atoms with van der Waals surface area (Å²) in [5, 5.41) is 2.01. The van der Waals surface area contributed by atoms with Gasteiger partial charge in [-0.3, -0.25) is 0 Å². The van der Waals surface area contributed by atoms with Crippen LogP contribution in [0.2, 0.25) is 10.0 Å². The lowest BCUT2D eigenvalue weighted by Gasteiger charge is -2.11. The Balaban J connectivity index is 2.08. The zero-order valence-corrected chi connectivity index (χ0v) is 14.1. The van der Waals surface area contributed by atoms with Gasteiger partial charge in [0, 0.05) is 17.4 Å². The number of halogens is 2. The number of benzene rings is 2. The molecular weight excluding hydrogens is 333 g/mol. The third-order valence-electron chi connectivity index (χ3n) is 3.62. The fourth-order valence-electron chi connectivity index (χ4n) is 2.58. The van der Waals surface area contributed by atoms with Gasteiger partial charge in [-0.05, 0) is 36.8 Å². The molecule has 0 amide bonds. The molecule has 1 heterocycles. The Kier molecular flexibility index (Phi) is 4.60. The van der Waals surface area contributed by atoms with E-state index in [0.29, 0.717) is 28.9 Å². The summed E-state index contributed by atoms with van der Waals surface area (Å²) in [4.78, 5) is 12.3. The van der Waals surface area contributed by atoms with Crippen LogP contribution in [0.1, 0.15) is 23.0 Å². The Morgan fingerprint density at radius 2 is 1.87 bits per heavy atom. The van der Waals surface area contributed by atoms with Gasteiger partial charge in [-0.2, -0.15) is 0 Å². The number of esters is 1. The summed E-state index contributed by atoms with van der Waals surface area (Å²) in [5.41, 5.74) is 2.46. The average molecular weight is 348 g/mol. The van der Waals surface area contributed by atoms with E-state index in [9.17, 15) is 4.79 Å². The second kappa shape index (κ2) is 6.65.